The summed E-state index contributed by atoms with van der Waals surface area (Å²) in [5.41, 5.74) is 5.68. The van der Waals surface area contributed by atoms with E-state index in [1.165, 1.54) is 11.3 Å². The van der Waals surface area contributed by atoms with Crippen LogP contribution in [0.1, 0.15) is 36.4 Å². The van der Waals surface area contributed by atoms with Crippen molar-refractivity contribution in [3.63, 3.8) is 0 Å². The van der Waals surface area contributed by atoms with Crippen LogP contribution in [0.4, 0.5) is 10.9 Å². The van der Waals surface area contributed by atoms with Gasteiger partial charge in [0.1, 0.15) is 10.7 Å². The number of hydrogen-bond donors (Lipinski definition) is 4. The lowest BCUT2D eigenvalue weighted by Gasteiger charge is -2.11. The molecule has 0 bridgehead atoms. The third kappa shape index (κ3) is 3.61. The van der Waals surface area contributed by atoms with E-state index in [0.29, 0.717) is 22.5 Å². The normalized spacial score (nSPS) is 16.2. The minimum absolute atomic E-state index is 0.103. The number of amides is 1. The maximum absolute atomic E-state index is 12.1. The standard InChI is InChI=1S/C13H22N4O2S/c1-8(2)5-15-12-17-10(14)9(20-12)11(19)16-6-13(7-18)3-4-13/h8,18H,3-7,14H2,1-2H3,(H,15,17)(H,16,19). The Morgan fingerprint density at radius 2 is 2.25 bits per heavy atom. The number of aromatic nitrogens is 1. The fourth-order valence-corrected chi connectivity index (χ4v) is 2.59. The molecular weight excluding hydrogens is 276 g/mol. The monoisotopic (exact) mass is 298 g/mol. The molecule has 1 heterocycles. The predicted octanol–water partition coefficient (Wildman–Crippen LogP) is 1.30. The molecule has 1 fully saturated rings. The lowest BCUT2D eigenvalue weighted by atomic mass is 10.1. The van der Waals surface area contributed by atoms with Crippen LogP contribution in [0, 0.1) is 11.3 Å². The topological polar surface area (TPSA) is 100 Å². The van der Waals surface area contributed by atoms with Crippen molar-refractivity contribution >= 4 is 28.2 Å². The summed E-state index contributed by atoms with van der Waals surface area (Å²) in [6, 6.07) is 0. The van der Waals surface area contributed by atoms with Gasteiger partial charge in [0.25, 0.3) is 5.91 Å². The van der Waals surface area contributed by atoms with Crippen LogP contribution >= 0.6 is 11.3 Å². The summed E-state index contributed by atoms with van der Waals surface area (Å²) in [6.07, 6.45) is 1.92. The molecule has 0 unspecified atom stereocenters. The van der Waals surface area contributed by atoms with Crippen molar-refractivity contribution in [1.29, 1.82) is 0 Å². The first-order chi connectivity index (χ1) is 9.46. The molecule has 20 heavy (non-hydrogen) atoms. The third-order valence-electron chi connectivity index (χ3n) is 3.44. The average Bonchev–Trinajstić information content (AvgIpc) is 3.10. The molecule has 1 aliphatic carbocycles. The number of hydrogen-bond acceptors (Lipinski definition) is 6. The van der Waals surface area contributed by atoms with Gasteiger partial charge in [-0.2, -0.15) is 0 Å². The van der Waals surface area contributed by atoms with E-state index in [2.05, 4.69) is 29.5 Å². The number of carbonyl (C=O) groups excluding carboxylic acids is 1. The molecule has 1 amide bonds. The molecule has 0 aromatic carbocycles. The SMILES string of the molecule is CC(C)CNc1nc(N)c(C(=O)NCC2(CO)CC2)s1. The van der Waals surface area contributed by atoms with E-state index < -0.39 is 0 Å². The molecule has 0 atom stereocenters. The zero-order valence-corrected chi connectivity index (χ0v) is 12.7. The number of nitrogen functional groups attached to an aromatic ring is 1. The van der Waals surface area contributed by atoms with E-state index in [4.69, 9.17) is 5.73 Å². The summed E-state index contributed by atoms with van der Waals surface area (Å²) in [5.74, 6) is 0.543. The Morgan fingerprint density at radius 3 is 2.80 bits per heavy atom. The molecule has 0 saturated heterocycles. The number of nitrogens with zero attached hydrogens (tertiary/aromatic N) is 1. The van der Waals surface area contributed by atoms with Crippen LogP contribution in [0.5, 0.6) is 0 Å². The molecule has 1 aromatic rings. The molecule has 0 spiro atoms. The highest BCUT2D eigenvalue weighted by Gasteiger charge is 2.42. The van der Waals surface area contributed by atoms with E-state index in [1.807, 2.05) is 0 Å². The molecule has 2 rings (SSSR count). The molecule has 5 N–H and O–H groups in total. The molecule has 0 radical (unpaired) electrons. The smallest absolute Gasteiger partial charge is 0.265 e. The molecule has 1 saturated carbocycles. The van der Waals surface area contributed by atoms with Crippen LogP contribution in [0.2, 0.25) is 0 Å². The van der Waals surface area contributed by atoms with Crippen molar-refractivity contribution in [3.05, 3.63) is 4.88 Å². The van der Waals surface area contributed by atoms with Gasteiger partial charge in [-0.05, 0) is 18.8 Å². The van der Waals surface area contributed by atoms with E-state index in [9.17, 15) is 9.90 Å². The van der Waals surface area contributed by atoms with Crippen molar-refractivity contribution in [3.8, 4) is 0 Å². The number of nitrogens with two attached hydrogens (primary N) is 1. The molecule has 112 valence electrons. The number of carbonyl (C=O) groups is 1. The highest BCUT2D eigenvalue weighted by molar-refractivity contribution is 7.18. The Kier molecular flexibility index (Phi) is 4.49. The number of rotatable bonds is 7. The lowest BCUT2D eigenvalue weighted by Crippen LogP contribution is -2.31. The van der Waals surface area contributed by atoms with Gasteiger partial charge < -0.3 is 21.5 Å². The summed E-state index contributed by atoms with van der Waals surface area (Å²) >= 11 is 1.27. The van der Waals surface area contributed by atoms with Crippen molar-refractivity contribution < 1.29 is 9.90 Å². The Morgan fingerprint density at radius 1 is 1.55 bits per heavy atom. The zero-order valence-electron chi connectivity index (χ0n) is 11.9. The number of anilines is 2. The molecule has 6 nitrogen and oxygen atoms in total. The van der Waals surface area contributed by atoms with Crippen LogP contribution in [-0.4, -0.2) is 35.7 Å². The second-order valence-corrected chi connectivity index (χ2v) is 6.85. The molecule has 7 heteroatoms. The molecule has 1 aromatic heterocycles. The average molecular weight is 298 g/mol. The van der Waals surface area contributed by atoms with Gasteiger partial charge in [-0.25, -0.2) is 4.98 Å². The summed E-state index contributed by atoms with van der Waals surface area (Å²) in [7, 11) is 0. The largest absolute Gasteiger partial charge is 0.396 e. The van der Waals surface area contributed by atoms with Crippen molar-refractivity contribution in [2.45, 2.75) is 26.7 Å². The Labute approximate surface area is 122 Å². The highest BCUT2D eigenvalue weighted by atomic mass is 32.1. The zero-order chi connectivity index (χ0) is 14.8. The highest BCUT2D eigenvalue weighted by Crippen LogP contribution is 2.44. The van der Waals surface area contributed by atoms with Crippen LogP contribution in [-0.2, 0) is 0 Å². The Bertz CT molecular complexity index is 483. The van der Waals surface area contributed by atoms with Crippen LogP contribution < -0.4 is 16.4 Å². The van der Waals surface area contributed by atoms with Gasteiger partial charge in [-0.3, -0.25) is 4.79 Å². The van der Waals surface area contributed by atoms with Gasteiger partial charge in [0.15, 0.2) is 5.13 Å². The first kappa shape index (κ1) is 15.1. The summed E-state index contributed by atoms with van der Waals surface area (Å²) in [6.45, 7) is 5.60. The van der Waals surface area contributed by atoms with Gasteiger partial charge in [0, 0.05) is 18.5 Å². The van der Waals surface area contributed by atoms with Gasteiger partial charge in [0.2, 0.25) is 0 Å². The van der Waals surface area contributed by atoms with E-state index in [0.717, 1.165) is 19.4 Å². The fraction of sp³-hybridized carbons (Fsp3) is 0.692. The maximum Gasteiger partial charge on any atom is 0.265 e. The van der Waals surface area contributed by atoms with Gasteiger partial charge in [-0.1, -0.05) is 25.2 Å². The van der Waals surface area contributed by atoms with Crippen LogP contribution in [0.25, 0.3) is 0 Å². The van der Waals surface area contributed by atoms with Crippen molar-refractivity contribution in [1.82, 2.24) is 10.3 Å². The first-order valence-electron chi connectivity index (χ1n) is 6.85. The quantitative estimate of drug-likeness (QED) is 0.608. The Hall–Kier alpha value is -1.34. The Balaban J connectivity index is 1.92. The van der Waals surface area contributed by atoms with E-state index in [1.54, 1.807) is 0 Å². The maximum atomic E-state index is 12.1. The van der Waals surface area contributed by atoms with Crippen LogP contribution in [0.15, 0.2) is 0 Å². The molecule has 0 aliphatic heterocycles. The minimum atomic E-state index is -0.211. The number of thiazole rings is 1. The van der Waals surface area contributed by atoms with E-state index >= 15 is 0 Å². The second kappa shape index (κ2) is 5.97. The fourth-order valence-electron chi connectivity index (χ4n) is 1.78. The first-order valence-corrected chi connectivity index (χ1v) is 7.67. The summed E-state index contributed by atoms with van der Waals surface area (Å²) in [5, 5.41) is 15.9. The number of aliphatic hydroxyl groups is 1. The van der Waals surface area contributed by atoms with Gasteiger partial charge >= 0.3 is 0 Å². The molecule has 1 aliphatic rings. The number of nitrogens with one attached hydrogen (secondary N) is 2. The van der Waals surface area contributed by atoms with Crippen molar-refractivity contribution in [2.24, 2.45) is 11.3 Å². The second-order valence-electron chi connectivity index (χ2n) is 5.85. The lowest BCUT2D eigenvalue weighted by molar-refractivity contribution is 0.0940. The van der Waals surface area contributed by atoms with Gasteiger partial charge in [-0.15, -0.1) is 0 Å². The third-order valence-corrected chi connectivity index (χ3v) is 4.47. The summed E-state index contributed by atoms with van der Waals surface area (Å²) < 4.78 is 0. The molecular formula is C13H22N4O2S. The van der Waals surface area contributed by atoms with Crippen LogP contribution in [0.3, 0.4) is 0 Å². The van der Waals surface area contributed by atoms with E-state index in [-0.39, 0.29) is 23.7 Å². The van der Waals surface area contributed by atoms with Gasteiger partial charge in [0.05, 0.1) is 6.61 Å². The van der Waals surface area contributed by atoms with Crippen molar-refractivity contribution in [2.75, 3.05) is 30.7 Å². The minimum Gasteiger partial charge on any atom is -0.396 e. The predicted molar refractivity (Wildman–Crippen MR) is 80.9 cm³/mol. The number of aliphatic hydroxyl groups excluding tert-OH is 1. The summed E-state index contributed by atoms with van der Waals surface area (Å²) in [4.78, 5) is 16.7.